The average Bonchev–Trinajstić information content (AvgIpc) is 2.42. The third kappa shape index (κ3) is 11.5. The molecule has 0 amide bonds. The summed E-state index contributed by atoms with van der Waals surface area (Å²) in [5.41, 5.74) is 0. The van der Waals surface area contributed by atoms with Crippen LogP contribution in [0.1, 0.15) is 6.92 Å². The van der Waals surface area contributed by atoms with Crippen LogP contribution in [0.25, 0.3) is 0 Å². The van der Waals surface area contributed by atoms with E-state index in [-0.39, 0.29) is 26.4 Å². The van der Waals surface area contributed by atoms with Crippen LogP contribution < -0.4 is 0 Å². The molecule has 7 nitrogen and oxygen atoms in total. The number of rotatable bonds is 11. The quantitative estimate of drug-likeness (QED) is 0.143. The molecule has 0 aromatic rings. The molecule has 0 radical (unpaired) electrons. The van der Waals surface area contributed by atoms with Gasteiger partial charge in [0.1, 0.15) is 26.4 Å². The fourth-order valence-corrected chi connectivity index (χ4v) is 2.12. The Bertz CT molecular complexity index is 460. The van der Waals surface area contributed by atoms with Gasteiger partial charge >= 0.3 is 13.8 Å². The number of hydrogen-bond acceptors (Lipinski definition) is 6. The second kappa shape index (κ2) is 10.5. The van der Waals surface area contributed by atoms with E-state index in [1.165, 1.54) is 0 Å². The van der Waals surface area contributed by atoms with Crippen molar-refractivity contribution in [1.29, 1.82) is 0 Å². The lowest BCUT2D eigenvalue weighted by atomic mass is 10.5. The van der Waals surface area contributed by atoms with Gasteiger partial charge in [0, 0.05) is 6.08 Å². The molecule has 22 heavy (non-hydrogen) atoms. The van der Waals surface area contributed by atoms with Crippen LogP contribution in [-0.4, -0.2) is 64.6 Å². The van der Waals surface area contributed by atoms with Crippen molar-refractivity contribution >= 4 is 13.8 Å². The zero-order valence-corrected chi connectivity index (χ0v) is 14.6. The summed E-state index contributed by atoms with van der Waals surface area (Å²) in [6.07, 6.45) is 1.03. The molecule has 0 spiro atoms. The SMILES string of the molecule is C=CC(=O)OCCOP(=O)(OCC#CC)OCC[N+](C)(C)C. The minimum atomic E-state index is -3.73. The maximum absolute atomic E-state index is 12.4. The van der Waals surface area contributed by atoms with Crippen LogP contribution in [0.15, 0.2) is 12.7 Å². The van der Waals surface area contributed by atoms with E-state index in [9.17, 15) is 9.36 Å². The van der Waals surface area contributed by atoms with Gasteiger partial charge in [0.15, 0.2) is 0 Å². The van der Waals surface area contributed by atoms with Crippen molar-refractivity contribution in [3.05, 3.63) is 12.7 Å². The Morgan fingerprint density at radius 2 is 1.82 bits per heavy atom. The molecule has 0 aromatic carbocycles. The van der Waals surface area contributed by atoms with Crippen LogP contribution in [-0.2, 0) is 27.7 Å². The fourth-order valence-electron chi connectivity index (χ4n) is 1.07. The van der Waals surface area contributed by atoms with E-state index < -0.39 is 13.8 Å². The Labute approximate surface area is 132 Å². The van der Waals surface area contributed by atoms with E-state index in [2.05, 4.69) is 18.4 Å². The Kier molecular flexibility index (Phi) is 9.99. The Morgan fingerprint density at radius 1 is 1.18 bits per heavy atom. The van der Waals surface area contributed by atoms with Gasteiger partial charge in [-0.05, 0) is 6.92 Å². The van der Waals surface area contributed by atoms with Gasteiger partial charge in [-0.25, -0.2) is 9.36 Å². The number of ether oxygens (including phenoxy) is 1. The van der Waals surface area contributed by atoms with Gasteiger partial charge in [-0.2, -0.15) is 0 Å². The first kappa shape index (κ1) is 20.8. The third-order valence-electron chi connectivity index (χ3n) is 2.23. The summed E-state index contributed by atoms with van der Waals surface area (Å²) in [4.78, 5) is 10.9. The zero-order valence-electron chi connectivity index (χ0n) is 13.7. The number of carbonyl (C=O) groups is 1. The molecule has 0 fully saturated rings. The number of quaternary nitrogens is 1. The van der Waals surface area contributed by atoms with Gasteiger partial charge in [0.25, 0.3) is 0 Å². The molecule has 0 aliphatic rings. The van der Waals surface area contributed by atoms with Gasteiger partial charge in [0.2, 0.25) is 0 Å². The molecule has 0 heterocycles. The summed E-state index contributed by atoms with van der Waals surface area (Å²) in [5, 5.41) is 0. The van der Waals surface area contributed by atoms with Crippen LogP contribution in [0, 0.1) is 11.8 Å². The number of carbonyl (C=O) groups excluding carboxylic acids is 1. The molecule has 0 N–H and O–H groups in total. The summed E-state index contributed by atoms with van der Waals surface area (Å²) in [6, 6.07) is 0. The summed E-state index contributed by atoms with van der Waals surface area (Å²) in [6.45, 7) is 5.49. The van der Waals surface area contributed by atoms with Crippen molar-refractivity contribution in [2.75, 3.05) is 54.1 Å². The van der Waals surface area contributed by atoms with Crippen LogP contribution in [0.2, 0.25) is 0 Å². The number of hydrogen-bond donors (Lipinski definition) is 0. The lowest BCUT2D eigenvalue weighted by molar-refractivity contribution is -0.870. The number of esters is 1. The Balaban J connectivity index is 4.37. The maximum atomic E-state index is 12.4. The highest BCUT2D eigenvalue weighted by Gasteiger charge is 2.27. The number of likely N-dealkylation sites (N-methyl/N-ethyl adjacent to an activating group) is 1. The first-order valence-corrected chi connectivity index (χ1v) is 8.21. The highest BCUT2D eigenvalue weighted by Crippen LogP contribution is 2.49. The van der Waals surface area contributed by atoms with E-state index >= 15 is 0 Å². The van der Waals surface area contributed by atoms with Crippen LogP contribution in [0.4, 0.5) is 0 Å². The van der Waals surface area contributed by atoms with Gasteiger partial charge in [-0.3, -0.25) is 13.6 Å². The number of phosphoric acid groups is 1. The molecular formula is C14H25NO6P+. The summed E-state index contributed by atoms with van der Waals surface area (Å²) in [7, 11) is 2.21. The molecule has 0 bridgehead atoms. The predicted molar refractivity (Wildman–Crippen MR) is 83.0 cm³/mol. The van der Waals surface area contributed by atoms with E-state index in [1.54, 1.807) is 6.92 Å². The topological polar surface area (TPSA) is 71.1 Å². The van der Waals surface area contributed by atoms with E-state index in [0.29, 0.717) is 11.0 Å². The van der Waals surface area contributed by atoms with Crippen LogP contribution >= 0.6 is 7.82 Å². The van der Waals surface area contributed by atoms with Crippen molar-refractivity contribution in [1.82, 2.24) is 0 Å². The van der Waals surface area contributed by atoms with Gasteiger partial charge in [-0.1, -0.05) is 12.5 Å². The lowest BCUT2D eigenvalue weighted by Gasteiger charge is -2.24. The van der Waals surface area contributed by atoms with Crippen LogP contribution in [0.3, 0.4) is 0 Å². The molecule has 0 saturated heterocycles. The zero-order chi connectivity index (χ0) is 17.1. The van der Waals surface area contributed by atoms with Crippen molar-refractivity contribution in [2.45, 2.75) is 6.92 Å². The maximum Gasteiger partial charge on any atom is 0.476 e. The molecule has 126 valence electrons. The molecule has 0 rings (SSSR count). The molecular weight excluding hydrogens is 309 g/mol. The highest BCUT2D eigenvalue weighted by molar-refractivity contribution is 7.48. The van der Waals surface area contributed by atoms with Gasteiger partial charge in [-0.15, -0.1) is 5.92 Å². The number of nitrogens with zero attached hydrogens (tertiary/aromatic N) is 1. The minimum absolute atomic E-state index is 0.0649. The molecule has 0 aliphatic carbocycles. The third-order valence-corrected chi connectivity index (χ3v) is 3.67. The predicted octanol–water partition coefficient (Wildman–Crippen LogP) is 1.60. The minimum Gasteiger partial charge on any atom is -0.460 e. The molecule has 0 saturated carbocycles. The fraction of sp³-hybridized carbons (Fsp3) is 0.643. The second-order valence-electron chi connectivity index (χ2n) is 5.20. The smallest absolute Gasteiger partial charge is 0.460 e. The van der Waals surface area contributed by atoms with E-state index in [0.717, 1.165) is 6.08 Å². The lowest BCUT2D eigenvalue weighted by Crippen LogP contribution is -2.37. The first-order valence-electron chi connectivity index (χ1n) is 6.75. The second-order valence-corrected chi connectivity index (χ2v) is 6.87. The molecule has 1 atom stereocenters. The molecule has 0 aliphatic heterocycles. The van der Waals surface area contributed by atoms with Crippen LogP contribution in [0.5, 0.6) is 0 Å². The van der Waals surface area contributed by atoms with Crippen molar-refractivity contribution in [2.24, 2.45) is 0 Å². The van der Waals surface area contributed by atoms with Crippen molar-refractivity contribution in [3.63, 3.8) is 0 Å². The summed E-state index contributed by atoms with van der Waals surface area (Å²) in [5.74, 6) is 4.66. The molecule has 8 heteroatoms. The van der Waals surface area contributed by atoms with Gasteiger partial charge in [0.05, 0.1) is 27.7 Å². The molecule has 1 unspecified atom stereocenters. The van der Waals surface area contributed by atoms with Gasteiger partial charge < -0.3 is 9.22 Å². The largest absolute Gasteiger partial charge is 0.476 e. The molecule has 0 aromatic heterocycles. The summed E-state index contributed by atoms with van der Waals surface area (Å²) < 4.78 is 33.2. The standard InChI is InChI=1S/C14H25NO6P/c1-6-8-10-19-22(17,20-11-9-15(3,4)5)21-13-12-18-14(16)7-2/h7H,2,9-13H2,1,3-5H3/q+1. The Hall–Kier alpha value is -1.16. The Morgan fingerprint density at radius 3 is 2.36 bits per heavy atom. The van der Waals surface area contributed by atoms with Crippen molar-refractivity contribution < 1.29 is 32.2 Å². The monoisotopic (exact) mass is 334 g/mol. The van der Waals surface area contributed by atoms with Crippen molar-refractivity contribution in [3.8, 4) is 11.8 Å². The highest BCUT2D eigenvalue weighted by atomic mass is 31.2. The van der Waals surface area contributed by atoms with E-state index in [4.69, 9.17) is 18.3 Å². The summed E-state index contributed by atoms with van der Waals surface area (Å²) >= 11 is 0. The number of phosphoric ester groups is 1. The first-order chi connectivity index (χ1) is 10.2. The normalized spacial score (nSPS) is 13.6. The average molecular weight is 334 g/mol. The van der Waals surface area contributed by atoms with E-state index in [1.807, 2.05) is 21.1 Å².